The molecule has 4 heterocycles. The first-order valence-electron chi connectivity index (χ1n) is 10.1. The van der Waals surface area contributed by atoms with Crippen molar-refractivity contribution in [2.24, 2.45) is 5.92 Å². The van der Waals surface area contributed by atoms with Crippen molar-refractivity contribution < 1.29 is 9.53 Å². The number of piperidine rings is 1. The van der Waals surface area contributed by atoms with E-state index in [1.165, 1.54) is 0 Å². The molecule has 3 aromatic rings. The van der Waals surface area contributed by atoms with Gasteiger partial charge in [0.1, 0.15) is 11.6 Å². The van der Waals surface area contributed by atoms with Gasteiger partial charge < -0.3 is 4.74 Å². The maximum atomic E-state index is 12.8. The molecule has 0 amide bonds. The largest absolute Gasteiger partial charge is 0.378 e. The summed E-state index contributed by atoms with van der Waals surface area (Å²) in [5, 5.41) is 0.949. The van der Waals surface area contributed by atoms with Crippen molar-refractivity contribution in [2.75, 3.05) is 26.3 Å². The maximum absolute atomic E-state index is 12.8. The third-order valence-corrected chi connectivity index (χ3v) is 5.95. The Morgan fingerprint density at radius 2 is 1.97 bits per heavy atom. The first kappa shape index (κ1) is 18.3. The number of carbonyl (C=O) groups is 1. The second kappa shape index (κ2) is 7.93. The summed E-state index contributed by atoms with van der Waals surface area (Å²) in [6.45, 7) is 3.62. The smallest absolute Gasteiger partial charge is 0.143 e. The van der Waals surface area contributed by atoms with Crippen molar-refractivity contribution in [3.63, 3.8) is 0 Å². The average Bonchev–Trinajstić information content (AvgIpc) is 2.73. The zero-order valence-electron chi connectivity index (χ0n) is 16.2. The van der Waals surface area contributed by atoms with E-state index in [4.69, 9.17) is 4.74 Å². The van der Waals surface area contributed by atoms with Crippen molar-refractivity contribution in [1.29, 1.82) is 0 Å². The Morgan fingerprint density at radius 1 is 1.10 bits per heavy atom. The highest BCUT2D eigenvalue weighted by atomic mass is 16.5. The van der Waals surface area contributed by atoms with Crippen molar-refractivity contribution >= 4 is 16.7 Å². The summed E-state index contributed by atoms with van der Waals surface area (Å²) in [7, 11) is 0. The fourth-order valence-electron chi connectivity index (χ4n) is 4.08. The number of ketones is 1. The standard InChI is InChI=1S/C22H23N5O2/c28-21(15-3-7-27(8-4-15)18-13-29-14-18)10-22-25-11-17-2-1-16(9-19(17)26-22)20-12-23-5-6-24-20/h1-2,5-6,9,11-12,15,18H,3-4,7-8,10,13-14H2. The second-order valence-electron chi connectivity index (χ2n) is 7.80. The number of nitrogens with zero attached hydrogens (tertiary/aromatic N) is 5. The van der Waals surface area contributed by atoms with Gasteiger partial charge in [-0.25, -0.2) is 9.97 Å². The normalized spacial score (nSPS) is 18.6. The molecule has 0 radical (unpaired) electrons. The number of Topliss-reactive ketones (excluding diaryl/α,β-unsaturated/α-hetero) is 1. The van der Waals surface area contributed by atoms with E-state index in [9.17, 15) is 4.79 Å². The number of aromatic nitrogens is 4. The summed E-state index contributed by atoms with van der Waals surface area (Å²) < 4.78 is 5.28. The number of rotatable bonds is 5. The molecular weight excluding hydrogens is 366 g/mol. The van der Waals surface area contributed by atoms with Gasteiger partial charge in [-0.05, 0) is 32.0 Å². The molecule has 1 aromatic carbocycles. The zero-order chi connectivity index (χ0) is 19.6. The maximum Gasteiger partial charge on any atom is 0.143 e. The van der Waals surface area contributed by atoms with Crippen molar-refractivity contribution in [3.05, 3.63) is 48.8 Å². The molecule has 2 aliphatic heterocycles. The number of hydrogen-bond acceptors (Lipinski definition) is 7. The van der Waals surface area contributed by atoms with Gasteiger partial charge in [0.15, 0.2) is 0 Å². The Morgan fingerprint density at radius 3 is 2.69 bits per heavy atom. The summed E-state index contributed by atoms with van der Waals surface area (Å²) in [6.07, 6.45) is 8.98. The van der Waals surface area contributed by atoms with E-state index in [0.29, 0.717) is 18.3 Å². The molecule has 7 heteroatoms. The monoisotopic (exact) mass is 389 g/mol. The van der Waals surface area contributed by atoms with Crippen LogP contribution in [-0.4, -0.2) is 63.0 Å². The lowest BCUT2D eigenvalue weighted by Crippen LogP contribution is -2.52. The van der Waals surface area contributed by atoms with Crippen molar-refractivity contribution in [3.8, 4) is 11.3 Å². The summed E-state index contributed by atoms with van der Waals surface area (Å²) in [6, 6.07) is 6.50. The first-order chi connectivity index (χ1) is 14.3. The first-order valence-corrected chi connectivity index (χ1v) is 10.1. The molecule has 0 unspecified atom stereocenters. The van der Waals surface area contributed by atoms with E-state index in [1.54, 1.807) is 24.8 Å². The van der Waals surface area contributed by atoms with Crippen LogP contribution >= 0.6 is 0 Å². The van der Waals surface area contributed by atoms with Gasteiger partial charge in [-0.3, -0.25) is 19.7 Å². The fraction of sp³-hybridized carbons (Fsp3) is 0.409. The summed E-state index contributed by atoms with van der Waals surface area (Å²) in [4.78, 5) is 32.8. The minimum Gasteiger partial charge on any atom is -0.378 e. The van der Waals surface area contributed by atoms with Crippen molar-refractivity contribution in [2.45, 2.75) is 25.3 Å². The molecule has 7 nitrogen and oxygen atoms in total. The molecule has 0 aliphatic carbocycles. The van der Waals surface area contributed by atoms with Crippen LogP contribution in [0.5, 0.6) is 0 Å². The molecule has 0 saturated carbocycles. The molecular formula is C22H23N5O2. The van der Waals surface area contributed by atoms with E-state index in [1.807, 2.05) is 18.2 Å². The van der Waals surface area contributed by atoms with Gasteiger partial charge in [0.05, 0.1) is 43.1 Å². The molecule has 2 saturated heterocycles. The van der Waals surface area contributed by atoms with Gasteiger partial charge in [-0.2, -0.15) is 0 Å². The number of likely N-dealkylation sites (tertiary alicyclic amines) is 1. The molecule has 0 N–H and O–H groups in total. The molecule has 2 aliphatic rings. The Bertz CT molecular complexity index is 1010. The molecule has 5 rings (SSSR count). The van der Waals surface area contributed by atoms with Crippen LogP contribution in [0.3, 0.4) is 0 Å². The number of fused-ring (bicyclic) bond motifs is 1. The predicted octanol–water partition coefficient (Wildman–Crippen LogP) is 2.31. The van der Waals surface area contributed by atoms with E-state index in [-0.39, 0.29) is 11.7 Å². The van der Waals surface area contributed by atoms with E-state index in [2.05, 4.69) is 24.8 Å². The Hall–Kier alpha value is -2.77. The van der Waals surface area contributed by atoms with Crippen LogP contribution in [0.15, 0.2) is 43.0 Å². The highest BCUT2D eigenvalue weighted by Gasteiger charge is 2.32. The average molecular weight is 389 g/mol. The predicted molar refractivity (Wildman–Crippen MR) is 108 cm³/mol. The molecule has 0 atom stereocenters. The Balaban J connectivity index is 1.28. The van der Waals surface area contributed by atoms with Crippen LogP contribution in [0.4, 0.5) is 0 Å². The lowest BCUT2D eigenvalue weighted by molar-refractivity contribution is -0.125. The Labute approximate surface area is 169 Å². The third kappa shape index (κ3) is 3.88. The van der Waals surface area contributed by atoms with Crippen molar-refractivity contribution in [1.82, 2.24) is 24.8 Å². The van der Waals surface area contributed by atoms with Crippen LogP contribution in [-0.2, 0) is 16.0 Å². The van der Waals surface area contributed by atoms with Crippen LogP contribution in [0.1, 0.15) is 18.7 Å². The molecule has 29 heavy (non-hydrogen) atoms. The summed E-state index contributed by atoms with van der Waals surface area (Å²) in [5.74, 6) is 0.949. The second-order valence-corrected chi connectivity index (χ2v) is 7.80. The Kier molecular flexibility index (Phi) is 4.99. The number of benzene rings is 1. The number of hydrogen-bond donors (Lipinski definition) is 0. The molecule has 2 fully saturated rings. The fourth-order valence-corrected chi connectivity index (χ4v) is 4.08. The van der Waals surface area contributed by atoms with Gasteiger partial charge in [0, 0.05) is 35.5 Å². The lowest BCUT2D eigenvalue weighted by Gasteiger charge is -2.41. The lowest BCUT2D eigenvalue weighted by atomic mass is 9.90. The van der Waals surface area contributed by atoms with Gasteiger partial charge in [-0.1, -0.05) is 12.1 Å². The number of carbonyl (C=O) groups excluding carboxylic acids is 1. The number of ether oxygens (including phenoxy) is 1. The topological polar surface area (TPSA) is 81.1 Å². The highest BCUT2D eigenvalue weighted by molar-refractivity contribution is 5.85. The molecule has 2 aromatic heterocycles. The van der Waals surface area contributed by atoms with Crippen LogP contribution < -0.4 is 0 Å². The van der Waals surface area contributed by atoms with Crippen LogP contribution in [0.2, 0.25) is 0 Å². The molecule has 0 spiro atoms. The van der Waals surface area contributed by atoms with Crippen LogP contribution in [0, 0.1) is 5.92 Å². The minimum atomic E-state index is 0.109. The minimum absolute atomic E-state index is 0.109. The van der Waals surface area contributed by atoms with Gasteiger partial charge in [0.2, 0.25) is 0 Å². The van der Waals surface area contributed by atoms with E-state index >= 15 is 0 Å². The van der Waals surface area contributed by atoms with Crippen LogP contribution in [0.25, 0.3) is 22.2 Å². The van der Waals surface area contributed by atoms with Gasteiger partial charge >= 0.3 is 0 Å². The summed E-state index contributed by atoms with van der Waals surface area (Å²) in [5.41, 5.74) is 2.58. The zero-order valence-corrected chi connectivity index (χ0v) is 16.2. The molecule has 0 bridgehead atoms. The van der Waals surface area contributed by atoms with Gasteiger partial charge in [0.25, 0.3) is 0 Å². The van der Waals surface area contributed by atoms with E-state index in [0.717, 1.165) is 61.3 Å². The highest BCUT2D eigenvalue weighted by Crippen LogP contribution is 2.24. The SMILES string of the molecule is O=C(Cc1ncc2ccc(-c3cnccn3)cc2n1)C1CCN(C2COC2)CC1. The third-order valence-electron chi connectivity index (χ3n) is 5.95. The quantitative estimate of drug-likeness (QED) is 0.662. The van der Waals surface area contributed by atoms with Gasteiger partial charge in [-0.15, -0.1) is 0 Å². The summed E-state index contributed by atoms with van der Waals surface area (Å²) >= 11 is 0. The van der Waals surface area contributed by atoms with E-state index < -0.39 is 0 Å². The molecule has 148 valence electrons.